The molecule has 4 nitrogen and oxygen atoms in total. The van der Waals surface area contributed by atoms with Gasteiger partial charge in [-0.05, 0) is 36.8 Å². The average Bonchev–Trinajstić information content (AvgIpc) is 2.97. The molecular weight excluding hydrogens is 313 g/mol. The lowest BCUT2D eigenvalue weighted by molar-refractivity contribution is 0.0954. The Balaban J connectivity index is 1.72. The van der Waals surface area contributed by atoms with Gasteiger partial charge in [0.2, 0.25) is 0 Å². The molecule has 0 aliphatic rings. The Hall–Kier alpha value is -2.60. The van der Waals surface area contributed by atoms with Gasteiger partial charge >= 0.3 is 0 Å². The van der Waals surface area contributed by atoms with Gasteiger partial charge in [-0.1, -0.05) is 12.1 Å². The molecule has 0 aliphatic carbocycles. The van der Waals surface area contributed by atoms with Crippen LogP contribution < -0.4 is 5.32 Å². The van der Waals surface area contributed by atoms with E-state index in [-0.39, 0.29) is 11.7 Å². The highest BCUT2D eigenvalue weighted by molar-refractivity contribution is 7.17. The molecule has 0 fully saturated rings. The first-order valence-corrected chi connectivity index (χ1v) is 7.85. The fourth-order valence-electron chi connectivity index (χ4n) is 2.08. The first-order chi connectivity index (χ1) is 11.1. The third kappa shape index (κ3) is 3.60. The van der Waals surface area contributed by atoms with Gasteiger partial charge in [0.25, 0.3) is 5.91 Å². The number of rotatable bonds is 4. The average molecular weight is 327 g/mol. The SMILES string of the molecule is Cc1nc(-c2cccnc2)sc1C(=O)NCc1ccc(F)cc1. The van der Waals surface area contributed by atoms with Crippen molar-refractivity contribution in [3.63, 3.8) is 0 Å². The highest BCUT2D eigenvalue weighted by atomic mass is 32.1. The second-order valence-electron chi connectivity index (χ2n) is 4.98. The lowest BCUT2D eigenvalue weighted by Crippen LogP contribution is -2.22. The number of hydrogen-bond acceptors (Lipinski definition) is 4. The number of amides is 1. The number of carbonyl (C=O) groups is 1. The number of benzene rings is 1. The topological polar surface area (TPSA) is 54.9 Å². The Morgan fingerprint density at radius 1 is 1.26 bits per heavy atom. The fourth-order valence-corrected chi connectivity index (χ4v) is 3.06. The van der Waals surface area contributed by atoms with Crippen LogP contribution >= 0.6 is 11.3 Å². The monoisotopic (exact) mass is 327 g/mol. The molecule has 0 bridgehead atoms. The number of nitrogens with one attached hydrogen (secondary N) is 1. The second-order valence-corrected chi connectivity index (χ2v) is 5.98. The molecule has 2 aromatic heterocycles. The number of carbonyl (C=O) groups excluding carboxylic acids is 1. The van der Waals surface area contributed by atoms with Crippen molar-refractivity contribution in [1.29, 1.82) is 0 Å². The number of hydrogen-bond donors (Lipinski definition) is 1. The van der Waals surface area contributed by atoms with Gasteiger partial charge in [-0.25, -0.2) is 9.37 Å². The predicted molar refractivity (Wildman–Crippen MR) is 87.7 cm³/mol. The number of aromatic nitrogens is 2. The largest absolute Gasteiger partial charge is 0.347 e. The van der Waals surface area contributed by atoms with Crippen LogP contribution in [0.2, 0.25) is 0 Å². The maximum absolute atomic E-state index is 12.9. The first kappa shape index (κ1) is 15.3. The van der Waals surface area contributed by atoms with E-state index in [4.69, 9.17) is 0 Å². The molecule has 0 atom stereocenters. The summed E-state index contributed by atoms with van der Waals surface area (Å²) in [4.78, 5) is 21.4. The van der Waals surface area contributed by atoms with Gasteiger partial charge in [0.1, 0.15) is 15.7 Å². The zero-order valence-corrected chi connectivity index (χ0v) is 13.2. The molecule has 116 valence electrons. The van der Waals surface area contributed by atoms with E-state index in [1.807, 2.05) is 19.1 Å². The number of halogens is 1. The van der Waals surface area contributed by atoms with Gasteiger partial charge in [-0.15, -0.1) is 11.3 Å². The van der Waals surface area contributed by atoms with E-state index in [9.17, 15) is 9.18 Å². The van der Waals surface area contributed by atoms with Crippen LogP contribution in [0.15, 0.2) is 48.8 Å². The number of aryl methyl sites for hydroxylation is 1. The van der Waals surface area contributed by atoms with E-state index in [2.05, 4.69) is 15.3 Å². The van der Waals surface area contributed by atoms with Crippen LogP contribution in [0.25, 0.3) is 10.6 Å². The predicted octanol–water partition coefficient (Wildman–Crippen LogP) is 3.58. The number of pyridine rings is 1. The Labute approximate surface area is 137 Å². The van der Waals surface area contributed by atoms with Crippen LogP contribution in [0, 0.1) is 12.7 Å². The molecule has 0 spiro atoms. The number of thiazole rings is 1. The Morgan fingerprint density at radius 3 is 2.74 bits per heavy atom. The van der Waals surface area contributed by atoms with Crippen LogP contribution in [-0.2, 0) is 6.54 Å². The highest BCUT2D eigenvalue weighted by Gasteiger charge is 2.16. The Bertz CT molecular complexity index is 816. The molecule has 23 heavy (non-hydrogen) atoms. The summed E-state index contributed by atoms with van der Waals surface area (Å²) in [5.74, 6) is -0.473. The minimum Gasteiger partial charge on any atom is -0.347 e. The normalized spacial score (nSPS) is 10.5. The molecule has 3 rings (SSSR count). The Kier molecular flexibility index (Phi) is 4.43. The van der Waals surface area contributed by atoms with Crippen LogP contribution in [0.5, 0.6) is 0 Å². The molecule has 1 aromatic carbocycles. The van der Waals surface area contributed by atoms with Gasteiger partial charge in [-0.3, -0.25) is 9.78 Å². The van der Waals surface area contributed by atoms with Crippen LogP contribution in [0.4, 0.5) is 4.39 Å². The molecule has 1 amide bonds. The van der Waals surface area contributed by atoms with Crippen LogP contribution in [-0.4, -0.2) is 15.9 Å². The van der Waals surface area contributed by atoms with E-state index >= 15 is 0 Å². The van der Waals surface area contributed by atoms with Crippen molar-refractivity contribution in [3.05, 3.63) is 70.7 Å². The summed E-state index contributed by atoms with van der Waals surface area (Å²) >= 11 is 1.34. The first-order valence-electron chi connectivity index (χ1n) is 7.04. The summed E-state index contributed by atoms with van der Waals surface area (Å²) in [5.41, 5.74) is 2.41. The molecule has 0 saturated carbocycles. The smallest absolute Gasteiger partial charge is 0.263 e. The van der Waals surface area contributed by atoms with Gasteiger partial charge in [0, 0.05) is 24.5 Å². The van der Waals surface area contributed by atoms with E-state index in [1.165, 1.54) is 23.5 Å². The standard InChI is InChI=1S/C17H14FN3OS/c1-11-15(23-17(21-11)13-3-2-8-19-10-13)16(22)20-9-12-4-6-14(18)7-5-12/h2-8,10H,9H2,1H3,(H,20,22). The van der Waals surface area contributed by atoms with E-state index < -0.39 is 0 Å². The van der Waals surface area contributed by atoms with Crippen LogP contribution in [0.3, 0.4) is 0 Å². The van der Waals surface area contributed by atoms with E-state index in [1.54, 1.807) is 24.5 Å². The molecular formula is C17H14FN3OS. The Morgan fingerprint density at radius 2 is 2.04 bits per heavy atom. The second kappa shape index (κ2) is 6.66. The third-order valence-electron chi connectivity index (χ3n) is 3.28. The minimum absolute atomic E-state index is 0.181. The van der Waals surface area contributed by atoms with E-state index in [0.29, 0.717) is 17.1 Å². The van der Waals surface area contributed by atoms with Gasteiger partial charge in [-0.2, -0.15) is 0 Å². The molecule has 0 unspecified atom stereocenters. The number of nitrogens with zero attached hydrogens (tertiary/aromatic N) is 2. The molecule has 0 radical (unpaired) electrons. The molecule has 0 aliphatic heterocycles. The molecule has 0 saturated heterocycles. The summed E-state index contributed by atoms with van der Waals surface area (Å²) in [6.07, 6.45) is 3.42. The summed E-state index contributed by atoms with van der Waals surface area (Å²) in [6, 6.07) is 9.79. The molecule has 3 aromatic rings. The van der Waals surface area contributed by atoms with E-state index in [0.717, 1.165) is 16.1 Å². The van der Waals surface area contributed by atoms with Crippen molar-refractivity contribution < 1.29 is 9.18 Å². The molecule has 6 heteroatoms. The van der Waals surface area contributed by atoms with Gasteiger partial charge in [0.15, 0.2) is 0 Å². The zero-order valence-electron chi connectivity index (χ0n) is 12.4. The quantitative estimate of drug-likeness (QED) is 0.797. The summed E-state index contributed by atoms with van der Waals surface area (Å²) in [6.45, 7) is 2.15. The minimum atomic E-state index is -0.292. The maximum Gasteiger partial charge on any atom is 0.263 e. The van der Waals surface area contributed by atoms with Crippen molar-refractivity contribution in [3.8, 4) is 10.6 Å². The molecule has 2 heterocycles. The van der Waals surface area contributed by atoms with Gasteiger partial charge in [0.05, 0.1) is 5.69 Å². The zero-order chi connectivity index (χ0) is 16.2. The van der Waals surface area contributed by atoms with Crippen molar-refractivity contribution in [2.24, 2.45) is 0 Å². The fraction of sp³-hybridized carbons (Fsp3) is 0.118. The third-order valence-corrected chi connectivity index (χ3v) is 4.48. The summed E-state index contributed by atoms with van der Waals surface area (Å²) in [5, 5.41) is 3.60. The lowest BCUT2D eigenvalue weighted by Gasteiger charge is -2.04. The van der Waals surface area contributed by atoms with Crippen molar-refractivity contribution >= 4 is 17.2 Å². The molecule has 1 N–H and O–H groups in total. The maximum atomic E-state index is 12.9. The van der Waals surface area contributed by atoms with Crippen molar-refractivity contribution in [1.82, 2.24) is 15.3 Å². The van der Waals surface area contributed by atoms with Crippen molar-refractivity contribution in [2.45, 2.75) is 13.5 Å². The highest BCUT2D eigenvalue weighted by Crippen LogP contribution is 2.27. The summed E-state index contributed by atoms with van der Waals surface area (Å²) < 4.78 is 12.9. The lowest BCUT2D eigenvalue weighted by atomic mass is 10.2. The van der Waals surface area contributed by atoms with Crippen molar-refractivity contribution in [2.75, 3.05) is 0 Å². The van der Waals surface area contributed by atoms with Crippen LogP contribution in [0.1, 0.15) is 20.9 Å². The summed E-state index contributed by atoms with van der Waals surface area (Å²) in [7, 11) is 0. The van der Waals surface area contributed by atoms with Gasteiger partial charge < -0.3 is 5.32 Å².